The molecule has 2 saturated carbocycles. The van der Waals surface area contributed by atoms with Gasteiger partial charge in [-0.1, -0.05) is 12.8 Å². The highest BCUT2D eigenvalue weighted by molar-refractivity contribution is 5.82. The Labute approximate surface area is 160 Å². The van der Waals surface area contributed by atoms with E-state index in [1.165, 1.54) is 25.7 Å². The molecule has 5 rings (SSSR count). The van der Waals surface area contributed by atoms with Gasteiger partial charge in [0.25, 0.3) is 0 Å². The van der Waals surface area contributed by atoms with Gasteiger partial charge in [-0.3, -0.25) is 9.59 Å². The van der Waals surface area contributed by atoms with E-state index in [2.05, 4.69) is 9.88 Å². The van der Waals surface area contributed by atoms with Crippen LogP contribution in [0.1, 0.15) is 62.0 Å². The van der Waals surface area contributed by atoms with Crippen molar-refractivity contribution in [3.05, 3.63) is 23.3 Å². The molecule has 3 atom stereocenters. The predicted octanol–water partition coefficient (Wildman–Crippen LogP) is 2.13. The zero-order valence-corrected chi connectivity index (χ0v) is 16.1. The van der Waals surface area contributed by atoms with E-state index >= 15 is 0 Å². The van der Waals surface area contributed by atoms with Crippen molar-refractivity contribution < 1.29 is 9.59 Å². The van der Waals surface area contributed by atoms with E-state index in [1.807, 2.05) is 11.1 Å². The fourth-order valence-corrected chi connectivity index (χ4v) is 5.54. The van der Waals surface area contributed by atoms with Crippen LogP contribution < -0.4 is 0 Å². The Morgan fingerprint density at radius 3 is 2.59 bits per heavy atom. The minimum absolute atomic E-state index is 0.107. The van der Waals surface area contributed by atoms with Crippen LogP contribution in [0, 0.1) is 17.8 Å². The van der Waals surface area contributed by atoms with Gasteiger partial charge in [0, 0.05) is 63.1 Å². The van der Waals surface area contributed by atoms with E-state index in [0.717, 1.165) is 49.6 Å². The molecule has 0 aromatic carbocycles. The van der Waals surface area contributed by atoms with Crippen LogP contribution in [0.15, 0.2) is 6.20 Å². The second-order valence-corrected chi connectivity index (χ2v) is 8.80. The quantitative estimate of drug-likeness (QED) is 0.802. The Hall–Kier alpha value is -1.98. The molecule has 1 saturated heterocycles. The molecular weight excluding hydrogens is 340 g/mol. The third kappa shape index (κ3) is 3.03. The van der Waals surface area contributed by atoms with Gasteiger partial charge in [-0.05, 0) is 31.1 Å². The number of carbonyl (C=O) groups excluding carboxylic acids is 2. The lowest BCUT2D eigenvalue weighted by Crippen LogP contribution is -2.35. The van der Waals surface area contributed by atoms with Crippen LogP contribution in [0.4, 0.5) is 0 Å². The Bertz CT molecular complexity index is 767. The van der Waals surface area contributed by atoms with Crippen molar-refractivity contribution in [3.63, 3.8) is 0 Å². The zero-order chi connectivity index (χ0) is 18.5. The standard InChI is InChI=1S/C21H28N4O2/c1-13(26)24-9-7-18-15(12-24)10-22-20(23-18)14-6-8-25(11-14)21(27)19-16-4-2-3-5-17(16)19/h10,14,16-17,19H,2-9,11-12H2,1H3. The minimum Gasteiger partial charge on any atom is -0.342 e. The molecule has 2 aliphatic heterocycles. The van der Waals surface area contributed by atoms with Crippen molar-refractivity contribution in [3.8, 4) is 0 Å². The molecule has 0 bridgehead atoms. The molecule has 4 aliphatic rings. The third-order valence-electron chi connectivity index (χ3n) is 7.20. The molecule has 6 heteroatoms. The van der Waals surface area contributed by atoms with E-state index in [0.29, 0.717) is 30.2 Å². The summed E-state index contributed by atoms with van der Waals surface area (Å²) < 4.78 is 0. The van der Waals surface area contributed by atoms with Crippen molar-refractivity contribution >= 4 is 11.8 Å². The summed E-state index contributed by atoms with van der Waals surface area (Å²) in [5.74, 6) is 3.30. The summed E-state index contributed by atoms with van der Waals surface area (Å²) in [6.45, 7) is 4.58. The molecule has 144 valence electrons. The first-order chi connectivity index (χ1) is 13.1. The number of rotatable bonds is 2. The van der Waals surface area contributed by atoms with Crippen molar-refractivity contribution in [2.45, 2.75) is 57.9 Å². The maximum Gasteiger partial charge on any atom is 0.226 e. The van der Waals surface area contributed by atoms with Crippen LogP contribution in [-0.4, -0.2) is 51.2 Å². The van der Waals surface area contributed by atoms with Gasteiger partial charge in [0.15, 0.2) is 0 Å². The van der Waals surface area contributed by atoms with Crippen LogP contribution in [0.5, 0.6) is 0 Å². The lowest BCUT2D eigenvalue weighted by atomic mass is 10.0. The molecule has 0 N–H and O–H groups in total. The first-order valence-electron chi connectivity index (χ1n) is 10.5. The van der Waals surface area contributed by atoms with Crippen molar-refractivity contribution in [2.75, 3.05) is 19.6 Å². The molecule has 27 heavy (non-hydrogen) atoms. The fraction of sp³-hybridized carbons (Fsp3) is 0.714. The highest BCUT2D eigenvalue weighted by Crippen LogP contribution is 2.56. The van der Waals surface area contributed by atoms with E-state index in [4.69, 9.17) is 4.98 Å². The molecule has 0 spiro atoms. The van der Waals surface area contributed by atoms with Crippen LogP contribution in [0.2, 0.25) is 0 Å². The minimum atomic E-state index is 0.107. The summed E-state index contributed by atoms with van der Waals surface area (Å²) in [4.78, 5) is 37.9. The van der Waals surface area contributed by atoms with Gasteiger partial charge in [0.05, 0.1) is 5.69 Å². The second kappa shape index (κ2) is 6.57. The molecule has 0 radical (unpaired) electrons. The van der Waals surface area contributed by atoms with Crippen molar-refractivity contribution in [1.29, 1.82) is 0 Å². The number of hydrogen-bond donors (Lipinski definition) is 0. The summed E-state index contributed by atoms with van der Waals surface area (Å²) in [5.41, 5.74) is 2.14. The second-order valence-electron chi connectivity index (χ2n) is 8.80. The number of fused-ring (bicyclic) bond motifs is 2. The summed E-state index contributed by atoms with van der Waals surface area (Å²) in [6, 6.07) is 0. The summed E-state index contributed by atoms with van der Waals surface area (Å²) in [6.07, 6.45) is 8.77. The molecular formula is C21H28N4O2. The van der Waals surface area contributed by atoms with Crippen LogP contribution in [-0.2, 0) is 22.6 Å². The zero-order valence-electron chi connectivity index (χ0n) is 16.1. The number of hydrogen-bond acceptors (Lipinski definition) is 4. The smallest absolute Gasteiger partial charge is 0.226 e. The molecule has 3 unspecified atom stereocenters. The molecule has 1 aromatic rings. The maximum absolute atomic E-state index is 12.9. The molecule has 3 heterocycles. The number of amides is 2. The number of likely N-dealkylation sites (tertiary alicyclic amines) is 1. The van der Waals surface area contributed by atoms with Gasteiger partial charge in [0.1, 0.15) is 5.82 Å². The Kier molecular flexibility index (Phi) is 4.17. The molecule has 2 aliphatic carbocycles. The monoisotopic (exact) mass is 368 g/mol. The predicted molar refractivity (Wildman–Crippen MR) is 99.7 cm³/mol. The highest BCUT2D eigenvalue weighted by atomic mass is 16.2. The maximum atomic E-state index is 12.9. The van der Waals surface area contributed by atoms with Gasteiger partial charge in [0.2, 0.25) is 11.8 Å². The summed E-state index contributed by atoms with van der Waals surface area (Å²) in [5, 5.41) is 0. The Morgan fingerprint density at radius 2 is 1.85 bits per heavy atom. The number of carbonyl (C=O) groups is 2. The van der Waals surface area contributed by atoms with Crippen LogP contribution in [0.25, 0.3) is 0 Å². The first kappa shape index (κ1) is 17.1. The van der Waals surface area contributed by atoms with Gasteiger partial charge in [-0.25, -0.2) is 9.97 Å². The topological polar surface area (TPSA) is 66.4 Å². The van der Waals surface area contributed by atoms with E-state index in [-0.39, 0.29) is 11.8 Å². The average Bonchev–Trinajstić information content (AvgIpc) is 3.21. The first-order valence-corrected chi connectivity index (χ1v) is 10.5. The van der Waals surface area contributed by atoms with Crippen molar-refractivity contribution in [2.24, 2.45) is 17.8 Å². The molecule has 3 fully saturated rings. The largest absolute Gasteiger partial charge is 0.342 e. The fourth-order valence-electron chi connectivity index (χ4n) is 5.54. The van der Waals surface area contributed by atoms with E-state index in [1.54, 1.807) is 6.92 Å². The van der Waals surface area contributed by atoms with Crippen molar-refractivity contribution in [1.82, 2.24) is 19.8 Å². The summed E-state index contributed by atoms with van der Waals surface area (Å²) in [7, 11) is 0. The van der Waals surface area contributed by atoms with Crippen LogP contribution >= 0.6 is 0 Å². The van der Waals surface area contributed by atoms with Gasteiger partial charge < -0.3 is 9.80 Å². The summed E-state index contributed by atoms with van der Waals surface area (Å²) >= 11 is 0. The third-order valence-corrected chi connectivity index (χ3v) is 7.20. The molecule has 6 nitrogen and oxygen atoms in total. The van der Waals surface area contributed by atoms with Gasteiger partial charge >= 0.3 is 0 Å². The van der Waals surface area contributed by atoms with E-state index in [9.17, 15) is 9.59 Å². The number of aromatic nitrogens is 2. The lowest BCUT2D eigenvalue weighted by Gasteiger charge is -2.27. The van der Waals surface area contributed by atoms with E-state index < -0.39 is 0 Å². The SMILES string of the molecule is CC(=O)N1CCc2nc(C3CCN(C(=O)C4C5CCCCC54)C3)ncc2C1. The molecule has 2 amide bonds. The number of nitrogens with zero attached hydrogens (tertiary/aromatic N) is 4. The highest BCUT2D eigenvalue weighted by Gasteiger charge is 2.56. The van der Waals surface area contributed by atoms with Gasteiger partial charge in [-0.2, -0.15) is 0 Å². The molecule has 1 aromatic heterocycles. The average molecular weight is 368 g/mol. The van der Waals surface area contributed by atoms with Crippen LogP contribution in [0.3, 0.4) is 0 Å². The normalized spacial score (nSPS) is 32.0. The Morgan fingerprint density at radius 1 is 1.07 bits per heavy atom. The van der Waals surface area contributed by atoms with Gasteiger partial charge in [-0.15, -0.1) is 0 Å². The Balaban J connectivity index is 1.24. The lowest BCUT2D eigenvalue weighted by molar-refractivity contribution is -0.132.